The maximum absolute atomic E-state index is 5.43. The maximum Gasteiger partial charge on any atom is 0.191 e. The molecule has 2 unspecified atom stereocenters. The van der Waals surface area contributed by atoms with Crippen molar-refractivity contribution in [2.24, 2.45) is 4.99 Å². The number of guanidine groups is 1. The van der Waals surface area contributed by atoms with E-state index in [1.54, 1.807) is 0 Å². The Morgan fingerprint density at radius 1 is 1.19 bits per heavy atom. The number of nitrogens with one attached hydrogen (secondary N) is 2. The first-order valence-corrected chi connectivity index (χ1v) is 10.3. The van der Waals surface area contributed by atoms with Crippen LogP contribution in [0.5, 0.6) is 0 Å². The number of aliphatic imine (C=N–C) groups is 1. The number of nitrogens with zero attached hydrogens (tertiary/aromatic N) is 3. The first-order chi connectivity index (χ1) is 12.2. The largest absolute Gasteiger partial charge is 0.379 e. The lowest BCUT2D eigenvalue weighted by Gasteiger charge is -2.33. The Labute approximate surface area is 177 Å². The number of morpholine rings is 1. The van der Waals surface area contributed by atoms with E-state index in [4.69, 9.17) is 9.73 Å². The maximum atomic E-state index is 5.43. The van der Waals surface area contributed by atoms with E-state index in [9.17, 15) is 0 Å². The number of hydrogen-bond acceptors (Lipinski definition) is 4. The first-order valence-electron chi connectivity index (χ1n) is 10.3. The summed E-state index contributed by atoms with van der Waals surface area (Å²) in [6.45, 7) is 15.7. The Kier molecular flexibility index (Phi) is 12.8. The molecule has 0 aromatic heterocycles. The zero-order valence-electron chi connectivity index (χ0n) is 17.0. The highest BCUT2D eigenvalue weighted by atomic mass is 127. The number of ether oxygens (including phenoxy) is 1. The van der Waals surface area contributed by atoms with Crippen LogP contribution in [-0.4, -0.2) is 86.9 Å². The summed E-state index contributed by atoms with van der Waals surface area (Å²) in [7, 11) is 0. The minimum atomic E-state index is 0. The van der Waals surface area contributed by atoms with Gasteiger partial charge in [0, 0.05) is 44.8 Å². The predicted octanol–water partition coefficient (Wildman–Crippen LogP) is 2.14. The second-order valence-electron chi connectivity index (χ2n) is 7.38. The lowest BCUT2D eigenvalue weighted by Crippen LogP contribution is -2.45. The smallest absolute Gasteiger partial charge is 0.191 e. The molecule has 2 aliphatic heterocycles. The predicted molar refractivity (Wildman–Crippen MR) is 121 cm³/mol. The van der Waals surface area contributed by atoms with Crippen molar-refractivity contribution in [1.82, 2.24) is 20.4 Å². The van der Waals surface area contributed by atoms with Crippen molar-refractivity contribution >= 4 is 29.9 Å². The molecule has 2 aliphatic rings. The number of halogens is 1. The van der Waals surface area contributed by atoms with Gasteiger partial charge >= 0.3 is 0 Å². The fourth-order valence-electron chi connectivity index (χ4n) is 3.68. The molecule has 7 heteroatoms. The molecule has 0 amide bonds. The van der Waals surface area contributed by atoms with Crippen LogP contribution < -0.4 is 10.6 Å². The van der Waals surface area contributed by atoms with Crippen LogP contribution in [0, 0.1) is 0 Å². The summed E-state index contributed by atoms with van der Waals surface area (Å²) in [5, 5.41) is 6.87. The van der Waals surface area contributed by atoms with Gasteiger partial charge < -0.3 is 20.3 Å². The van der Waals surface area contributed by atoms with Crippen LogP contribution in [0.25, 0.3) is 0 Å². The van der Waals surface area contributed by atoms with Gasteiger partial charge in [-0.3, -0.25) is 9.89 Å². The zero-order valence-corrected chi connectivity index (χ0v) is 19.3. The molecule has 0 aliphatic carbocycles. The number of piperidine rings is 1. The standard InChI is InChI=1S/C19H39N5O.HI/c1-4-20-19(22-16-18(3)24-12-14-25-15-13-24)21-9-7-11-23-10-6-5-8-17(23)2;/h17-18H,4-16H2,1-3H3,(H2,20,21,22);1H. The second-order valence-corrected chi connectivity index (χ2v) is 7.38. The van der Waals surface area contributed by atoms with Crippen LogP contribution in [0.3, 0.4) is 0 Å². The summed E-state index contributed by atoms with van der Waals surface area (Å²) < 4.78 is 5.43. The molecule has 0 aromatic carbocycles. The molecule has 0 aromatic rings. The zero-order chi connectivity index (χ0) is 17.9. The van der Waals surface area contributed by atoms with Gasteiger partial charge in [-0.05, 0) is 46.6 Å². The molecule has 154 valence electrons. The highest BCUT2D eigenvalue weighted by Crippen LogP contribution is 2.16. The normalized spacial score (nSPS) is 24.0. The Balaban J connectivity index is 0.00000338. The lowest BCUT2D eigenvalue weighted by molar-refractivity contribution is 0.0220. The van der Waals surface area contributed by atoms with Crippen molar-refractivity contribution in [1.29, 1.82) is 0 Å². The van der Waals surface area contributed by atoms with Crippen molar-refractivity contribution < 1.29 is 4.74 Å². The number of hydrogen-bond donors (Lipinski definition) is 2. The second kappa shape index (κ2) is 14.0. The minimum Gasteiger partial charge on any atom is -0.379 e. The summed E-state index contributed by atoms with van der Waals surface area (Å²) in [4.78, 5) is 9.89. The van der Waals surface area contributed by atoms with Gasteiger partial charge in [0.1, 0.15) is 0 Å². The molecule has 6 nitrogen and oxygen atoms in total. The van der Waals surface area contributed by atoms with E-state index in [1.165, 1.54) is 38.8 Å². The quantitative estimate of drug-likeness (QED) is 0.241. The molecule has 2 rings (SSSR count). The van der Waals surface area contributed by atoms with E-state index in [1.807, 2.05) is 0 Å². The molecular formula is C19H40IN5O. The molecule has 2 N–H and O–H groups in total. The Bertz CT molecular complexity index is 390. The average molecular weight is 481 g/mol. The van der Waals surface area contributed by atoms with E-state index in [-0.39, 0.29) is 24.0 Å². The van der Waals surface area contributed by atoms with Crippen molar-refractivity contribution in [3.05, 3.63) is 0 Å². The van der Waals surface area contributed by atoms with Gasteiger partial charge in [-0.15, -0.1) is 24.0 Å². The summed E-state index contributed by atoms with van der Waals surface area (Å²) >= 11 is 0. The Morgan fingerprint density at radius 3 is 2.65 bits per heavy atom. The van der Waals surface area contributed by atoms with Crippen LogP contribution in [0.1, 0.15) is 46.5 Å². The van der Waals surface area contributed by atoms with Crippen molar-refractivity contribution in [2.45, 2.75) is 58.5 Å². The molecule has 26 heavy (non-hydrogen) atoms. The molecule has 2 heterocycles. The van der Waals surface area contributed by atoms with Crippen LogP contribution >= 0.6 is 24.0 Å². The molecule has 0 radical (unpaired) electrons. The Hall–Kier alpha value is -0.120. The Morgan fingerprint density at radius 2 is 1.96 bits per heavy atom. The third-order valence-corrected chi connectivity index (χ3v) is 5.38. The summed E-state index contributed by atoms with van der Waals surface area (Å²) in [5.41, 5.74) is 0. The molecular weight excluding hydrogens is 441 g/mol. The fourth-order valence-corrected chi connectivity index (χ4v) is 3.68. The third-order valence-electron chi connectivity index (χ3n) is 5.38. The number of likely N-dealkylation sites (tertiary alicyclic amines) is 1. The average Bonchev–Trinajstić information content (AvgIpc) is 2.65. The van der Waals surface area contributed by atoms with Gasteiger partial charge in [-0.25, -0.2) is 0 Å². The van der Waals surface area contributed by atoms with Gasteiger partial charge in [0.05, 0.1) is 19.8 Å². The van der Waals surface area contributed by atoms with Crippen LogP contribution in [-0.2, 0) is 4.74 Å². The van der Waals surface area contributed by atoms with Gasteiger partial charge in [0.25, 0.3) is 0 Å². The van der Waals surface area contributed by atoms with Crippen molar-refractivity contribution in [3.63, 3.8) is 0 Å². The summed E-state index contributed by atoms with van der Waals surface area (Å²) in [5.74, 6) is 0.953. The molecule has 0 saturated carbocycles. The lowest BCUT2D eigenvalue weighted by atomic mass is 10.0. The van der Waals surface area contributed by atoms with E-state index in [0.29, 0.717) is 6.04 Å². The van der Waals surface area contributed by atoms with Crippen LogP contribution in [0.4, 0.5) is 0 Å². The van der Waals surface area contributed by atoms with Gasteiger partial charge in [-0.2, -0.15) is 0 Å². The molecule has 0 bridgehead atoms. The molecule has 2 saturated heterocycles. The van der Waals surface area contributed by atoms with E-state index >= 15 is 0 Å². The van der Waals surface area contributed by atoms with Gasteiger partial charge in [0.2, 0.25) is 0 Å². The van der Waals surface area contributed by atoms with Crippen LogP contribution in [0.2, 0.25) is 0 Å². The topological polar surface area (TPSA) is 52.1 Å². The fraction of sp³-hybridized carbons (Fsp3) is 0.947. The molecule has 2 atom stereocenters. The SMILES string of the molecule is CCNC(=NCC(C)N1CCOCC1)NCCCN1CCCCC1C.I. The summed E-state index contributed by atoms with van der Waals surface area (Å²) in [6.07, 6.45) is 5.29. The number of rotatable bonds is 8. The monoisotopic (exact) mass is 481 g/mol. The van der Waals surface area contributed by atoms with Crippen molar-refractivity contribution in [3.8, 4) is 0 Å². The molecule has 2 fully saturated rings. The highest BCUT2D eigenvalue weighted by Gasteiger charge is 2.18. The highest BCUT2D eigenvalue weighted by molar-refractivity contribution is 14.0. The molecule has 0 spiro atoms. The van der Waals surface area contributed by atoms with Crippen molar-refractivity contribution in [2.75, 3.05) is 59.0 Å². The van der Waals surface area contributed by atoms with Gasteiger partial charge in [0.15, 0.2) is 5.96 Å². The van der Waals surface area contributed by atoms with Crippen LogP contribution in [0.15, 0.2) is 4.99 Å². The minimum absolute atomic E-state index is 0. The summed E-state index contributed by atoms with van der Waals surface area (Å²) in [6, 6.07) is 1.22. The van der Waals surface area contributed by atoms with E-state index < -0.39 is 0 Å². The third kappa shape index (κ3) is 8.71. The van der Waals surface area contributed by atoms with E-state index in [0.717, 1.165) is 57.9 Å². The first kappa shape index (κ1) is 23.9. The van der Waals surface area contributed by atoms with E-state index in [2.05, 4.69) is 41.2 Å². The van der Waals surface area contributed by atoms with Gasteiger partial charge in [-0.1, -0.05) is 6.42 Å².